The summed E-state index contributed by atoms with van der Waals surface area (Å²) in [6, 6.07) is 32.7. The highest BCUT2D eigenvalue weighted by Crippen LogP contribution is 2.26. The lowest BCUT2D eigenvalue weighted by Crippen LogP contribution is -2.24. The van der Waals surface area contributed by atoms with Crippen molar-refractivity contribution < 1.29 is 23.8 Å². The van der Waals surface area contributed by atoms with Crippen LogP contribution in [-0.2, 0) is 24.2 Å². The molecule has 218 valence electrons. The highest BCUT2D eigenvalue weighted by Gasteiger charge is 2.16. The van der Waals surface area contributed by atoms with Crippen molar-refractivity contribution >= 4 is 23.3 Å². The summed E-state index contributed by atoms with van der Waals surface area (Å²) in [4.78, 5) is 28.9. The number of aromatic nitrogens is 1. The number of carbonyl (C=O) groups excluding carboxylic acids is 1. The average Bonchev–Trinajstić information content (AvgIpc) is 3.40. The van der Waals surface area contributed by atoms with E-state index in [2.05, 4.69) is 10.6 Å². The van der Waals surface area contributed by atoms with Gasteiger partial charge in [0.05, 0.1) is 12.3 Å². The number of aryl methyl sites for hydroxylation is 2. The van der Waals surface area contributed by atoms with Gasteiger partial charge in [0.25, 0.3) is 5.91 Å². The van der Waals surface area contributed by atoms with Crippen molar-refractivity contribution in [2.45, 2.75) is 32.7 Å². The molecule has 0 atom stereocenters. The van der Waals surface area contributed by atoms with Gasteiger partial charge in [-0.05, 0) is 73.0 Å². The number of para-hydroxylation sites is 1. The number of nitrogens with zero attached hydrogens (tertiary/aromatic N) is 1. The fourth-order valence-electron chi connectivity index (χ4n) is 4.62. The molecule has 0 bridgehead atoms. The third-order valence-corrected chi connectivity index (χ3v) is 6.92. The van der Waals surface area contributed by atoms with Crippen molar-refractivity contribution in [2.75, 3.05) is 11.9 Å². The van der Waals surface area contributed by atoms with Gasteiger partial charge in [-0.3, -0.25) is 9.59 Å². The van der Waals surface area contributed by atoms with Gasteiger partial charge < -0.3 is 24.9 Å². The topological polar surface area (TPSA) is 114 Å². The molecule has 8 nitrogen and oxygen atoms in total. The number of anilines is 2. The van der Waals surface area contributed by atoms with Crippen molar-refractivity contribution in [3.63, 3.8) is 0 Å². The molecule has 0 aliphatic carbocycles. The minimum Gasteiger partial charge on any atom is -0.493 e. The van der Waals surface area contributed by atoms with E-state index in [4.69, 9.17) is 19.2 Å². The van der Waals surface area contributed by atoms with Crippen LogP contribution < -0.4 is 15.4 Å². The molecule has 43 heavy (non-hydrogen) atoms. The Labute approximate surface area is 250 Å². The number of carbonyl (C=O) groups is 2. The van der Waals surface area contributed by atoms with Gasteiger partial charge in [0, 0.05) is 41.9 Å². The van der Waals surface area contributed by atoms with E-state index >= 15 is 0 Å². The molecule has 0 radical (unpaired) electrons. The van der Waals surface area contributed by atoms with Gasteiger partial charge in [-0.25, -0.2) is 4.98 Å². The molecule has 5 rings (SSSR count). The first-order valence-electron chi connectivity index (χ1n) is 14.1. The van der Waals surface area contributed by atoms with Crippen LogP contribution in [0.1, 0.15) is 39.4 Å². The van der Waals surface area contributed by atoms with Gasteiger partial charge in [-0.2, -0.15) is 0 Å². The second kappa shape index (κ2) is 14.0. The minimum absolute atomic E-state index is 0.0702. The first kappa shape index (κ1) is 29.1. The average molecular weight is 576 g/mol. The number of benzene rings is 4. The quantitative estimate of drug-likeness (QED) is 0.139. The number of ether oxygens (including phenoxy) is 1. The number of oxazole rings is 1. The maximum absolute atomic E-state index is 13.1. The second-order valence-electron chi connectivity index (χ2n) is 10.1. The Bertz CT molecular complexity index is 1670. The van der Waals surface area contributed by atoms with Crippen molar-refractivity contribution in [1.82, 2.24) is 10.3 Å². The third-order valence-electron chi connectivity index (χ3n) is 6.92. The summed E-state index contributed by atoms with van der Waals surface area (Å²) in [6.45, 7) is 2.57. The van der Waals surface area contributed by atoms with E-state index in [0.717, 1.165) is 34.0 Å². The largest absolute Gasteiger partial charge is 0.493 e. The van der Waals surface area contributed by atoms with Gasteiger partial charge in [0.1, 0.15) is 11.5 Å². The Hall–Kier alpha value is -5.37. The Balaban J connectivity index is 1.21. The summed E-state index contributed by atoms with van der Waals surface area (Å²) >= 11 is 0. The lowest BCUT2D eigenvalue weighted by Gasteiger charge is -2.13. The van der Waals surface area contributed by atoms with E-state index in [1.807, 2.05) is 91.9 Å². The van der Waals surface area contributed by atoms with Crippen LogP contribution in [0.25, 0.3) is 11.5 Å². The molecule has 0 spiro atoms. The van der Waals surface area contributed by atoms with E-state index in [1.165, 1.54) is 0 Å². The van der Waals surface area contributed by atoms with Gasteiger partial charge in [0.15, 0.2) is 0 Å². The number of carboxylic acid groups (broad SMARTS) is 1. The zero-order valence-corrected chi connectivity index (χ0v) is 23.9. The van der Waals surface area contributed by atoms with Gasteiger partial charge in [-0.1, -0.05) is 54.6 Å². The Morgan fingerprint density at radius 1 is 0.860 bits per heavy atom. The predicted octanol–water partition coefficient (Wildman–Crippen LogP) is 6.96. The summed E-state index contributed by atoms with van der Waals surface area (Å²) in [5.41, 5.74) is 5.67. The molecule has 0 aliphatic rings. The van der Waals surface area contributed by atoms with Crippen LogP contribution in [0.2, 0.25) is 0 Å². The fraction of sp³-hybridized carbons (Fsp3) is 0.171. The van der Waals surface area contributed by atoms with Gasteiger partial charge in [-0.15, -0.1) is 0 Å². The molecule has 0 fully saturated rings. The lowest BCUT2D eigenvalue weighted by atomic mass is 10.0. The van der Waals surface area contributed by atoms with E-state index in [9.17, 15) is 9.59 Å². The third kappa shape index (κ3) is 8.10. The molecule has 1 heterocycles. The van der Waals surface area contributed by atoms with Gasteiger partial charge >= 0.3 is 5.97 Å². The number of nitrogens with one attached hydrogen (secondary N) is 2. The van der Waals surface area contributed by atoms with Gasteiger partial charge in [0.2, 0.25) is 5.89 Å². The maximum atomic E-state index is 13.1. The summed E-state index contributed by atoms with van der Waals surface area (Å²) < 4.78 is 11.9. The van der Waals surface area contributed by atoms with Crippen molar-refractivity contribution in [3.8, 4) is 17.2 Å². The van der Waals surface area contributed by atoms with Crippen molar-refractivity contribution in [3.05, 3.63) is 131 Å². The maximum Gasteiger partial charge on any atom is 0.303 e. The molecule has 1 aromatic heterocycles. The van der Waals surface area contributed by atoms with E-state index in [-0.39, 0.29) is 18.7 Å². The smallest absolute Gasteiger partial charge is 0.303 e. The molecule has 8 heteroatoms. The molecule has 0 unspecified atom stereocenters. The second-order valence-corrected chi connectivity index (χ2v) is 10.1. The molecule has 0 saturated carbocycles. The molecular formula is C35H33N3O5. The molecule has 3 N–H and O–H groups in total. The van der Waals surface area contributed by atoms with Crippen LogP contribution in [0.5, 0.6) is 5.75 Å². The first-order valence-corrected chi connectivity index (χ1v) is 14.1. The normalized spacial score (nSPS) is 10.7. The van der Waals surface area contributed by atoms with Crippen LogP contribution in [0, 0.1) is 6.92 Å². The van der Waals surface area contributed by atoms with E-state index in [0.29, 0.717) is 42.3 Å². The first-order chi connectivity index (χ1) is 20.9. The Morgan fingerprint density at radius 3 is 2.28 bits per heavy atom. The summed E-state index contributed by atoms with van der Waals surface area (Å²) in [5, 5.41) is 15.4. The van der Waals surface area contributed by atoms with Crippen LogP contribution in [0.3, 0.4) is 0 Å². The van der Waals surface area contributed by atoms with Crippen LogP contribution in [-0.4, -0.2) is 28.6 Å². The molecular weight excluding hydrogens is 542 g/mol. The molecule has 5 aromatic rings. The minimum atomic E-state index is -0.918. The number of carboxylic acids is 1. The summed E-state index contributed by atoms with van der Waals surface area (Å²) in [7, 11) is 0. The molecule has 0 saturated heterocycles. The monoisotopic (exact) mass is 575 g/mol. The fourth-order valence-corrected chi connectivity index (χ4v) is 4.62. The molecule has 4 aromatic carbocycles. The van der Waals surface area contributed by atoms with Crippen molar-refractivity contribution in [1.29, 1.82) is 0 Å². The Morgan fingerprint density at radius 2 is 1.56 bits per heavy atom. The highest BCUT2D eigenvalue weighted by atomic mass is 16.5. The van der Waals surface area contributed by atoms with E-state index < -0.39 is 5.97 Å². The molecule has 0 aliphatic heterocycles. The standard InChI is InChI=1S/C35H33N3O5/c1-24-32(38-35(43-24)27-12-16-29(17-13-27)37-28-10-6-3-7-11-28)20-21-42-30-18-14-26(15-19-33(39)40)31(22-30)34(41)36-23-25-8-4-2-5-9-25/h2-14,16-18,22,37H,15,19-21,23H2,1H3,(H,36,41)(H,39,40). The Kier molecular flexibility index (Phi) is 9.49. The predicted molar refractivity (Wildman–Crippen MR) is 166 cm³/mol. The number of hydrogen-bond donors (Lipinski definition) is 3. The zero-order valence-electron chi connectivity index (χ0n) is 23.9. The number of hydrogen-bond acceptors (Lipinski definition) is 6. The van der Waals surface area contributed by atoms with Crippen LogP contribution >= 0.6 is 0 Å². The summed E-state index contributed by atoms with van der Waals surface area (Å²) in [6.07, 6.45) is 0.687. The highest BCUT2D eigenvalue weighted by molar-refractivity contribution is 5.96. The van der Waals surface area contributed by atoms with Crippen LogP contribution in [0.4, 0.5) is 11.4 Å². The van der Waals surface area contributed by atoms with Crippen molar-refractivity contribution in [2.24, 2.45) is 0 Å². The van der Waals surface area contributed by atoms with Crippen LogP contribution in [0.15, 0.2) is 108 Å². The zero-order chi connectivity index (χ0) is 30.0. The van der Waals surface area contributed by atoms with E-state index in [1.54, 1.807) is 18.2 Å². The number of rotatable bonds is 13. The molecule has 1 amide bonds. The number of amides is 1. The number of aliphatic carboxylic acids is 1. The SMILES string of the molecule is Cc1oc(-c2ccc(Nc3ccccc3)cc2)nc1CCOc1ccc(CCC(=O)O)c(C(=O)NCc2ccccc2)c1. The lowest BCUT2D eigenvalue weighted by molar-refractivity contribution is -0.136. The summed E-state index contributed by atoms with van der Waals surface area (Å²) in [5.74, 6) is 0.579.